The Balaban J connectivity index is 2.78. The summed E-state index contributed by atoms with van der Waals surface area (Å²) in [5.41, 5.74) is -1.07. The van der Waals surface area contributed by atoms with Crippen molar-refractivity contribution in [3.05, 3.63) is 0 Å². The molecule has 0 radical (unpaired) electrons. The Labute approximate surface area is 86.9 Å². The Bertz CT molecular complexity index is 250. The zero-order valence-corrected chi connectivity index (χ0v) is 9.72. The van der Waals surface area contributed by atoms with E-state index in [1.807, 2.05) is 13.8 Å². The van der Waals surface area contributed by atoms with Gasteiger partial charge in [0.05, 0.1) is 17.1 Å². The maximum Gasteiger partial charge on any atom is 0.0828 e. The van der Waals surface area contributed by atoms with E-state index in [4.69, 9.17) is 5.26 Å². The molecule has 1 N–H and O–H groups in total. The molecular formula is C12H21NO. The van der Waals surface area contributed by atoms with Gasteiger partial charge in [-0.05, 0) is 44.9 Å². The predicted molar refractivity (Wildman–Crippen MR) is 56.6 cm³/mol. The molecule has 2 heteroatoms. The summed E-state index contributed by atoms with van der Waals surface area (Å²) in [6.07, 6.45) is 3.52. The highest BCUT2D eigenvalue weighted by atomic mass is 16.3. The van der Waals surface area contributed by atoms with Gasteiger partial charge in [0.1, 0.15) is 0 Å². The van der Waals surface area contributed by atoms with Crippen LogP contribution in [0, 0.1) is 22.2 Å². The first-order chi connectivity index (χ1) is 6.22. The van der Waals surface area contributed by atoms with Crippen molar-refractivity contribution in [2.75, 3.05) is 0 Å². The van der Waals surface area contributed by atoms with Gasteiger partial charge in [0.2, 0.25) is 0 Å². The molecule has 0 heterocycles. The number of rotatable bonds is 1. The molecule has 0 aromatic heterocycles. The number of hydrogen-bond acceptors (Lipinski definition) is 2. The van der Waals surface area contributed by atoms with E-state index < -0.39 is 11.0 Å². The molecule has 2 nitrogen and oxygen atoms in total. The van der Waals surface area contributed by atoms with E-state index in [9.17, 15) is 5.11 Å². The first-order valence-electron chi connectivity index (χ1n) is 5.36. The smallest absolute Gasteiger partial charge is 0.0828 e. The van der Waals surface area contributed by atoms with E-state index in [0.717, 1.165) is 25.7 Å². The van der Waals surface area contributed by atoms with Crippen molar-refractivity contribution in [3.63, 3.8) is 0 Å². The van der Waals surface area contributed by atoms with Crippen LogP contribution in [0.4, 0.5) is 0 Å². The first-order valence-corrected chi connectivity index (χ1v) is 5.36. The number of nitrogens with zero attached hydrogens (tertiary/aromatic N) is 1. The van der Waals surface area contributed by atoms with Gasteiger partial charge >= 0.3 is 0 Å². The van der Waals surface area contributed by atoms with Crippen LogP contribution in [-0.4, -0.2) is 10.7 Å². The maximum absolute atomic E-state index is 10.4. The summed E-state index contributed by atoms with van der Waals surface area (Å²) in [5.74, 6) is 0. The Morgan fingerprint density at radius 2 is 1.57 bits per heavy atom. The van der Waals surface area contributed by atoms with Crippen molar-refractivity contribution in [1.82, 2.24) is 0 Å². The van der Waals surface area contributed by atoms with Crippen molar-refractivity contribution in [2.24, 2.45) is 10.8 Å². The van der Waals surface area contributed by atoms with Crippen LogP contribution >= 0.6 is 0 Å². The summed E-state index contributed by atoms with van der Waals surface area (Å²) in [6.45, 7) is 8.13. The fraction of sp³-hybridized carbons (Fsp3) is 0.917. The lowest BCUT2D eigenvalue weighted by Gasteiger charge is -2.45. The number of hydrogen-bond donors (Lipinski definition) is 1. The second-order valence-electron chi connectivity index (χ2n) is 5.93. The molecule has 1 saturated carbocycles. The maximum atomic E-state index is 10.4. The van der Waals surface area contributed by atoms with Gasteiger partial charge in [0.15, 0.2) is 0 Å². The second-order valence-corrected chi connectivity index (χ2v) is 5.93. The molecular weight excluding hydrogens is 174 g/mol. The molecule has 14 heavy (non-hydrogen) atoms. The highest BCUT2D eigenvalue weighted by molar-refractivity contribution is 5.08. The van der Waals surface area contributed by atoms with Gasteiger partial charge < -0.3 is 5.11 Å². The van der Waals surface area contributed by atoms with Gasteiger partial charge in [0, 0.05) is 0 Å². The first kappa shape index (κ1) is 11.5. The molecule has 0 atom stereocenters. The predicted octanol–water partition coefficient (Wildman–Crippen LogP) is 2.87. The topological polar surface area (TPSA) is 44.0 Å². The molecule has 0 aliphatic heterocycles. The van der Waals surface area contributed by atoms with Gasteiger partial charge in [-0.1, -0.05) is 13.8 Å². The Kier molecular flexibility index (Phi) is 2.67. The van der Waals surface area contributed by atoms with E-state index in [2.05, 4.69) is 19.9 Å². The number of aliphatic hydroxyl groups is 1. The molecule has 0 spiro atoms. The summed E-state index contributed by atoms with van der Waals surface area (Å²) in [6, 6.07) is 2.23. The summed E-state index contributed by atoms with van der Waals surface area (Å²) in [7, 11) is 0. The molecule has 0 amide bonds. The average molecular weight is 195 g/mol. The van der Waals surface area contributed by atoms with E-state index in [1.54, 1.807) is 0 Å². The molecule has 0 saturated heterocycles. The lowest BCUT2D eigenvalue weighted by molar-refractivity contribution is -0.0877. The van der Waals surface area contributed by atoms with Gasteiger partial charge in [-0.2, -0.15) is 5.26 Å². The Morgan fingerprint density at radius 1 is 1.14 bits per heavy atom. The molecule has 0 aromatic carbocycles. The fourth-order valence-corrected chi connectivity index (χ4v) is 2.07. The highest BCUT2D eigenvalue weighted by Gasteiger charge is 2.47. The zero-order valence-electron chi connectivity index (χ0n) is 9.72. The van der Waals surface area contributed by atoms with Crippen molar-refractivity contribution >= 4 is 0 Å². The Morgan fingerprint density at radius 3 is 1.93 bits per heavy atom. The minimum absolute atomic E-state index is 0.331. The van der Waals surface area contributed by atoms with Gasteiger partial charge in [-0.15, -0.1) is 0 Å². The Hall–Kier alpha value is -0.550. The molecule has 1 rings (SSSR count). The monoisotopic (exact) mass is 195 g/mol. The summed E-state index contributed by atoms with van der Waals surface area (Å²) < 4.78 is 0. The zero-order chi connectivity index (χ0) is 11.0. The van der Waals surface area contributed by atoms with Crippen LogP contribution in [0.5, 0.6) is 0 Å². The molecule has 1 aliphatic carbocycles. The highest BCUT2D eigenvalue weighted by Crippen LogP contribution is 2.47. The average Bonchev–Trinajstić information content (AvgIpc) is 2.10. The lowest BCUT2D eigenvalue weighted by Crippen LogP contribution is -2.47. The van der Waals surface area contributed by atoms with Crippen LogP contribution in [0.15, 0.2) is 0 Å². The third-order valence-electron chi connectivity index (χ3n) is 3.87. The van der Waals surface area contributed by atoms with Crippen molar-refractivity contribution in [1.29, 1.82) is 5.26 Å². The third kappa shape index (κ3) is 1.93. The normalized spacial score (nSPS) is 25.4. The van der Waals surface area contributed by atoms with E-state index >= 15 is 0 Å². The standard InChI is InChI=1S/C12H21NO/c1-10(2)5-7-12(14,8-6-10)11(3,4)9-13/h14H,5-8H2,1-4H3. The van der Waals surface area contributed by atoms with E-state index in [-0.39, 0.29) is 0 Å². The third-order valence-corrected chi connectivity index (χ3v) is 3.87. The van der Waals surface area contributed by atoms with Crippen LogP contribution in [0.2, 0.25) is 0 Å². The quantitative estimate of drug-likeness (QED) is 0.699. The van der Waals surface area contributed by atoms with Crippen LogP contribution in [0.3, 0.4) is 0 Å². The molecule has 1 fully saturated rings. The largest absolute Gasteiger partial charge is 0.388 e. The number of nitriles is 1. The van der Waals surface area contributed by atoms with Crippen molar-refractivity contribution in [2.45, 2.75) is 59.0 Å². The minimum atomic E-state index is -0.780. The van der Waals surface area contributed by atoms with Crippen LogP contribution in [-0.2, 0) is 0 Å². The van der Waals surface area contributed by atoms with Gasteiger partial charge in [-0.25, -0.2) is 0 Å². The van der Waals surface area contributed by atoms with E-state index in [1.165, 1.54) is 0 Å². The summed E-state index contributed by atoms with van der Waals surface area (Å²) >= 11 is 0. The second kappa shape index (κ2) is 3.24. The van der Waals surface area contributed by atoms with Crippen LogP contribution < -0.4 is 0 Å². The van der Waals surface area contributed by atoms with Crippen molar-refractivity contribution < 1.29 is 5.11 Å². The SMILES string of the molecule is CC1(C)CCC(O)(C(C)(C)C#N)CC1. The van der Waals surface area contributed by atoms with E-state index in [0.29, 0.717) is 5.41 Å². The van der Waals surface area contributed by atoms with Crippen LogP contribution in [0.1, 0.15) is 53.4 Å². The molecule has 0 bridgehead atoms. The minimum Gasteiger partial charge on any atom is -0.388 e. The van der Waals surface area contributed by atoms with Gasteiger partial charge in [0.25, 0.3) is 0 Å². The van der Waals surface area contributed by atoms with Crippen molar-refractivity contribution in [3.8, 4) is 6.07 Å². The molecule has 0 unspecified atom stereocenters. The lowest BCUT2D eigenvalue weighted by atomic mass is 9.62. The fourth-order valence-electron chi connectivity index (χ4n) is 2.07. The molecule has 80 valence electrons. The molecule has 1 aliphatic rings. The van der Waals surface area contributed by atoms with Gasteiger partial charge in [-0.3, -0.25) is 0 Å². The van der Waals surface area contributed by atoms with Crippen LogP contribution in [0.25, 0.3) is 0 Å². The summed E-state index contributed by atoms with van der Waals surface area (Å²) in [5, 5.41) is 19.4. The summed E-state index contributed by atoms with van der Waals surface area (Å²) in [4.78, 5) is 0. The molecule has 0 aromatic rings.